The fourth-order valence-corrected chi connectivity index (χ4v) is 3.52. The minimum atomic E-state index is -2.81. The van der Waals surface area contributed by atoms with Crippen LogP contribution in [0.3, 0.4) is 0 Å². The highest BCUT2D eigenvalue weighted by molar-refractivity contribution is 5.52. The normalized spacial score (nSPS) is 17.0. The van der Waals surface area contributed by atoms with Gasteiger partial charge in [0.05, 0.1) is 23.2 Å². The van der Waals surface area contributed by atoms with E-state index in [0.717, 1.165) is 28.3 Å². The summed E-state index contributed by atoms with van der Waals surface area (Å²) in [4.78, 5) is 9.36. The predicted molar refractivity (Wildman–Crippen MR) is 90.7 cm³/mol. The van der Waals surface area contributed by atoms with Gasteiger partial charge in [0.2, 0.25) is 0 Å². The molecule has 0 amide bonds. The van der Waals surface area contributed by atoms with Gasteiger partial charge in [-0.3, -0.25) is 0 Å². The molecule has 27 heavy (non-hydrogen) atoms. The molecule has 0 bridgehead atoms. The lowest BCUT2D eigenvalue weighted by molar-refractivity contribution is 0.115. The van der Waals surface area contributed by atoms with Crippen molar-refractivity contribution in [2.24, 2.45) is 0 Å². The summed E-state index contributed by atoms with van der Waals surface area (Å²) in [6, 6.07) is 7.47. The second-order valence-electron chi connectivity index (χ2n) is 6.41. The van der Waals surface area contributed by atoms with Crippen LogP contribution in [0.2, 0.25) is 0 Å². The van der Waals surface area contributed by atoms with Gasteiger partial charge in [-0.25, -0.2) is 9.50 Å². The molecule has 0 saturated heterocycles. The van der Waals surface area contributed by atoms with Crippen molar-refractivity contribution in [2.75, 3.05) is 11.4 Å². The number of nitrogens with one attached hydrogen (secondary N) is 1. The number of aryl methyl sites for hydroxylation is 1. The van der Waals surface area contributed by atoms with E-state index in [9.17, 15) is 8.78 Å². The third-order valence-corrected chi connectivity index (χ3v) is 4.76. The number of halogens is 2. The van der Waals surface area contributed by atoms with Crippen LogP contribution < -0.4 is 4.90 Å². The molecule has 1 aliphatic rings. The monoisotopic (exact) mass is 371 g/mol. The van der Waals surface area contributed by atoms with E-state index >= 15 is 0 Å². The van der Waals surface area contributed by atoms with E-state index < -0.39 is 18.4 Å². The van der Waals surface area contributed by atoms with Gasteiger partial charge < -0.3 is 14.3 Å². The molecule has 1 atom stereocenters. The quantitative estimate of drug-likeness (QED) is 0.596. The second-order valence-corrected chi connectivity index (χ2v) is 6.41. The molecule has 0 aliphatic carbocycles. The van der Waals surface area contributed by atoms with E-state index in [0.29, 0.717) is 13.0 Å². The van der Waals surface area contributed by atoms with Crippen molar-refractivity contribution in [3.05, 3.63) is 59.3 Å². The fraction of sp³-hybridized carbons (Fsp3) is 0.294. The van der Waals surface area contributed by atoms with E-state index in [1.54, 1.807) is 11.2 Å². The van der Waals surface area contributed by atoms with Gasteiger partial charge in [0.25, 0.3) is 5.89 Å². The second kappa shape index (κ2) is 5.86. The maximum atomic E-state index is 12.9. The Hall–Kier alpha value is -3.30. The Kier molecular flexibility index (Phi) is 3.46. The Morgan fingerprint density at radius 3 is 2.96 bits per heavy atom. The SMILES string of the molecule is Cc1cccc2cc(C3c4nc[nH]c4CCN3c3nnc(C(F)F)o3)nn12. The zero-order valence-corrected chi connectivity index (χ0v) is 14.3. The number of rotatable bonds is 3. The van der Waals surface area contributed by atoms with Gasteiger partial charge in [-0.1, -0.05) is 11.2 Å². The van der Waals surface area contributed by atoms with E-state index in [2.05, 4.69) is 20.2 Å². The van der Waals surface area contributed by atoms with Crippen LogP contribution in [0.4, 0.5) is 14.8 Å². The average Bonchev–Trinajstić information content (AvgIpc) is 3.39. The number of aromatic amines is 1. The minimum absolute atomic E-state index is 0.0396. The molecule has 5 heterocycles. The molecule has 0 radical (unpaired) electrons. The molecule has 0 fully saturated rings. The minimum Gasteiger partial charge on any atom is -0.402 e. The van der Waals surface area contributed by atoms with Crippen LogP contribution in [-0.2, 0) is 6.42 Å². The summed E-state index contributed by atoms with van der Waals surface area (Å²) in [6.45, 7) is 2.48. The van der Waals surface area contributed by atoms with Crippen LogP contribution in [0.15, 0.2) is 35.0 Å². The third kappa shape index (κ3) is 2.47. The van der Waals surface area contributed by atoms with Gasteiger partial charge in [0.15, 0.2) is 0 Å². The molecule has 1 N–H and O–H groups in total. The molecule has 5 rings (SSSR count). The first-order chi connectivity index (χ1) is 13.1. The number of alkyl halides is 2. The Balaban J connectivity index is 1.65. The van der Waals surface area contributed by atoms with Crippen molar-refractivity contribution < 1.29 is 13.2 Å². The molecular formula is C17H15F2N7O. The lowest BCUT2D eigenvalue weighted by atomic mass is 10.0. The molecule has 0 aromatic carbocycles. The third-order valence-electron chi connectivity index (χ3n) is 4.76. The molecule has 10 heteroatoms. The lowest BCUT2D eigenvalue weighted by Gasteiger charge is -2.32. The zero-order valence-electron chi connectivity index (χ0n) is 14.3. The van der Waals surface area contributed by atoms with Crippen LogP contribution in [0.5, 0.6) is 0 Å². The van der Waals surface area contributed by atoms with E-state index in [4.69, 9.17) is 9.52 Å². The Bertz CT molecular complexity index is 1120. The van der Waals surface area contributed by atoms with Gasteiger partial charge >= 0.3 is 12.4 Å². The summed E-state index contributed by atoms with van der Waals surface area (Å²) in [7, 11) is 0. The molecule has 0 saturated carbocycles. The maximum Gasteiger partial charge on any atom is 0.319 e. The molecule has 1 aliphatic heterocycles. The first-order valence-electron chi connectivity index (χ1n) is 8.47. The first-order valence-corrected chi connectivity index (χ1v) is 8.47. The smallest absolute Gasteiger partial charge is 0.319 e. The number of hydrogen-bond donors (Lipinski definition) is 1. The van der Waals surface area contributed by atoms with Crippen molar-refractivity contribution in [1.29, 1.82) is 0 Å². The van der Waals surface area contributed by atoms with Crippen molar-refractivity contribution in [1.82, 2.24) is 29.8 Å². The van der Waals surface area contributed by atoms with Crippen LogP contribution in [0, 0.1) is 6.92 Å². The molecule has 138 valence electrons. The molecule has 0 spiro atoms. The first kappa shape index (κ1) is 15.9. The number of pyridine rings is 1. The highest BCUT2D eigenvalue weighted by atomic mass is 19.3. The number of nitrogens with zero attached hydrogens (tertiary/aromatic N) is 6. The predicted octanol–water partition coefficient (Wildman–Crippen LogP) is 2.84. The van der Waals surface area contributed by atoms with Gasteiger partial charge in [-0.2, -0.15) is 13.9 Å². The van der Waals surface area contributed by atoms with Crippen LogP contribution in [0.1, 0.15) is 41.1 Å². The number of anilines is 1. The van der Waals surface area contributed by atoms with E-state index in [1.807, 2.05) is 35.7 Å². The Morgan fingerprint density at radius 1 is 1.30 bits per heavy atom. The summed E-state index contributed by atoms with van der Waals surface area (Å²) < 4.78 is 32.8. The standard InChI is InChI=1S/C17H15F2N7O/c1-9-3-2-4-10-7-12(24-26(9)10)14-13-11(20-8-21-13)5-6-25(14)17-23-22-16(27-17)15(18)19/h2-4,7-8,14-15H,5-6H2,1H3,(H,20,21). The molecule has 1 unspecified atom stereocenters. The Labute approximate surface area is 151 Å². The molecule has 8 nitrogen and oxygen atoms in total. The largest absolute Gasteiger partial charge is 0.402 e. The van der Waals surface area contributed by atoms with E-state index in [1.165, 1.54) is 0 Å². The van der Waals surface area contributed by atoms with Crippen LogP contribution in [0.25, 0.3) is 5.52 Å². The zero-order chi connectivity index (χ0) is 18.5. The lowest BCUT2D eigenvalue weighted by Crippen LogP contribution is -2.37. The van der Waals surface area contributed by atoms with Gasteiger partial charge in [0.1, 0.15) is 6.04 Å². The summed E-state index contributed by atoms with van der Waals surface area (Å²) in [5.41, 5.74) is 4.42. The average molecular weight is 371 g/mol. The Morgan fingerprint density at radius 2 is 2.19 bits per heavy atom. The van der Waals surface area contributed by atoms with Crippen LogP contribution in [-0.4, -0.2) is 36.3 Å². The highest BCUT2D eigenvalue weighted by Gasteiger charge is 2.36. The number of imidazole rings is 1. The number of fused-ring (bicyclic) bond motifs is 2. The summed E-state index contributed by atoms with van der Waals surface area (Å²) in [5.74, 6) is -0.692. The summed E-state index contributed by atoms with van der Waals surface area (Å²) in [5, 5.41) is 12.0. The number of hydrogen-bond acceptors (Lipinski definition) is 6. The van der Waals surface area contributed by atoms with Gasteiger partial charge in [-0.05, 0) is 25.1 Å². The van der Waals surface area contributed by atoms with Crippen molar-refractivity contribution in [3.63, 3.8) is 0 Å². The van der Waals surface area contributed by atoms with Gasteiger partial charge in [0, 0.05) is 24.4 Å². The number of aromatic nitrogens is 6. The van der Waals surface area contributed by atoms with E-state index in [-0.39, 0.29) is 6.01 Å². The maximum absolute atomic E-state index is 12.9. The fourth-order valence-electron chi connectivity index (χ4n) is 3.52. The van der Waals surface area contributed by atoms with Crippen molar-refractivity contribution in [3.8, 4) is 0 Å². The molecular weight excluding hydrogens is 356 g/mol. The van der Waals surface area contributed by atoms with Crippen molar-refractivity contribution in [2.45, 2.75) is 25.8 Å². The topological polar surface area (TPSA) is 88.1 Å². The van der Waals surface area contributed by atoms with Crippen LogP contribution >= 0.6 is 0 Å². The van der Waals surface area contributed by atoms with Crippen molar-refractivity contribution >= 4 is 11.5 Å². The summed E-state index contributed by atoms with van der Waals surface area (Å²) in [6.07, 6.45) is -0.529. The summed E-state index contributed by atoms with van der Waals surface area (Å²) >= 11 is 0. The molecule has 4 aromatic rings. The number of H-pyrrole nitrogens is 1. The molecule has 4 aromatic heterocycles. The van der Waals surface area contributed by atoms with Gasteiger partial charge in [-0.15, -0.1) is 5.10 Å². The highest BCUT2D eigenvalue weighted by Crippen LogP contribution is 2.36.